The van der Waals surface area contributed by atoms with Gasteiger partial charge >= 0.3 is 17.9 Å². The SMILES string of the molecule is CC/C=C\C/C=C\C/C=C\C/C=C\C/C=C\C/C=C\C/C=C\C/C=C\C/C=C\CCCC(=O)OCC(COC(=O)CCCCCCC)OC(=O)CCCCCCCCCCCCCCCCCC/C=C\C/C=C\C/C=C\C/C=C\CC. The van der Waals surface area contributed by atoms with E-state index < -0.39 is 6.10 Å². The van der Waals surface area contributed by atoms with Crippen LogP contribution in [-0.2, 0) is 28.6 Å². The molecule has 81 heavy (non-hydrogen) atoms. The fourth-order valence-electron chi connectivity index (χ4n) is 8.67. The summed E-state index contributed by atoms with van der Waals surface area (Å²) in [7, 11) is 0. The van der Waals surface area contributed by atoms with Gasteiger partial charge in [0.05, 0.1) is 0 Å². The second kappa shape index (κ2) is 67.5. The molecule has 0 spiro atoms. The van der Waals surface area contributed by atoms with E-state index in [9.17, 15) is 14.4 Å². The van der Waals surface area contributed by atoms with Gasteiger partial charge in [-0.15, -0.1) is 0 Å². The molecule has 0 aliphatic carbocycles. The molecule has 0 N–H and O–H groups in total. The Labute approximate surface area is 499 Å². The van der Waals surface area contributed by atoms with Gasteiger partial charge in [-0.25, -0.2) is 0 Å². The van der Waals surface area contributed by atoms with E-state index in [1.54, 1.807) is 0 Å². The minimum absolute atomic E-state index is 0.101. The van der Waals surface area contributed by atoms with E-state index in [0.29, 0.717) is 19.3 Å². The van der Waals surface area contributed by atoms with Crippen LogP contribution in [0, 0.1) is 0 Å². The minimum atomic E-state index is -0.805. The van der Waals surface area contributed by atoms with E-state index in [-0.39, 0.29) is 37.5 Å². The van der Waals surface area contributed by atoms with Crippen molar-refractivity contribution in [2.24, 2.45) is 0 Å². The van der Waals surface area contributed by atoms with Crippen molar-refractivity contribution in [3.05, 3.63) is 158 Å². The molecule has 0 radical (unpaired) electrons. The summed E-state index contributed by atoms with van der Waals surface area (Å²) in [6.07, 6.45) is 98.9. The average molecular weight is 1120 g/mol. The number of hydrogen-bond donors (Lipinski definition) is 0. The zero-order chi connectivity index (χ0) is 58.5. The monoisotopic (exact) mass is 1120 g/mol. The average Bonchev–Trinajstić information content (AvgIpc) is 3.47. The van der Waals surface area contributed by atoms with Gasteiger partial charge in [0.1, 0.15) is 13.2 Å². The molecule has 0 aromatic heterocycles. The molecule has 0 bridgehead atoms. The highest BCUT2D eigenvalue weighted by Gasteiger charge is 2.19. The van der Waals surface area contributed by atoms with E-state index in [1.807, 2.05) is 0 Å². The van der Waals surface area contributed by atoms with Gasteiger partial charge in [-0.05, 0) is 122 Å². The second-order valence-electron chi connectivity index (χ2n) is 21.3. The van der Waals surface area contributed by atoms with Crippen molar-refractivity contribution >= 4 is 17.9 Å². The summed E-state index contributed by atoms with van der Waals surface area (Å²) < 4.78 is 16.7. The third-order valence-corrected chi connectivity index (χ3v) is 13.5. The van der Waals surface area contributed by atoms with Crippen LogP contribution in [-0.4, -0.2) is 37.2 Å². The summed E-state index contributed by atoms with van der Waals surface area (Å²) in [5.74, 6) is -0.978. The molecule has 6 heteroatoms. The van der Waals surface area contributed by atoms with E-state index in [1.165, 1.54) is 89.9 Å². The van der Waals surface area contributed by atoms with Crippen LogP contribution in [0.15, 0.2) is 158 Å². The molecule has 0 heterocycles. The number of allylic oxidation sites excluding steroid dienone is 26. The van der Waals surface area contributed by atoms with Crippen LogP contribution in [0.2, 0.25) is 0 Å². The zero-order valence-electron chi connectivity index (χ0n) is 52.2. The van der Waals surface area contributed by atoms with E-state index in [0.717, 1.165) is 141 Å². The number of esters is 3. The molecule has 0 rings (SSSR count). The van der Waals surface area contributed by atoms with Crippen LogP contribution in [0.1, 0.15) is 278 Å². The number of carbonyl (C=O) groups excluding carboxylic acids is 3. The Bertz CT molecular complexity index is 1810. The molecule has 456 valence electrons. The molecule has 0 amide bonds. The van der Waals surface area contributed by atoms with Crippen molar-refractivity contribution < 1.29 is 28.6 Å². The number of unbranched alkanes of at least 4 members (excludes halogenated alkanes) is 21. The highest BCUT2D eigenvalue weighted by Crippen LogP contribution is 2.16. The van der Waals surface area contributed by atoms with E-state index in [4.69, 9.17) is 14.2 Å². The molecule has 0 aliphatic rings. The lowest BCUT2D eigenvalue weighted by atomic mass is 10.0. The molecular weight excluding hydrogens is 997 g/mol. The predicted molar refractivity (Wildman–Crippen MR) is 352 cm³/mol. The maximum atomic E-state index is 12.8. The van der Waals surface area contributed by atoms with Crippen molar-refractivity contribution in [1.82, 2.24) is 0 Å². The van der Waals surface area contributed by atoms with Gasteiger partial charge in [-0.3, -0.25) is 14.4 Å². The number of hydrogen-bond acceptors (Lipinski definition) is 6. The second-order valence-corrected chi connectivity index (χ2v) is 21.3. The van der Waals surface area contributed by atoms with Crippen molar-refractivity contribution in [3.63, 3.8) is 0 Å². The highest BCUT2D eigenvalue weighted by atomic mass is 16.6. The van der Waals surface area contributed by atoms with Gasteiger partial charge in [0.15, 0.2) is 6.10 Å². The minimum Gasteiger partial charge on any atom is -0.462 e. The first-order chi connectivity index (χ1) is 40.0. The Morgan fingerprint density at radius 1 is 0.259 bits per heavy atom. The van der Waals surface area contributed by atoms with Crippen LogP contribution >= 0.6 is 0 Å². The number of carbonyl (C=O) groups is 3. The Hall–Kier alpha value is -4.97. The Kier molecular flexibility index (Phi) is 63.4. The lowest BCUT2D eigenvalue weighted by molar-refractivity contribution is -0.167. The van der Waals surface area contributed by atoms with Crippen molar-refractivity contribution in [3.8, 4) is 0 Å². The molecular formula is C75H120O6. The fourth-order valence-corrected chi connectivity index (χ4v) is 8.67. The summed E-state index contributed by atoms with van der Waals surface area (Å²) in [6.45, 7) is 6.28. The van der Waals surface area contributed by atoms with Crippen LogP contribution in [0.4, 0.5) is 0 Å². The summed E-state index contributed by atoms with van der Waals surface area (Å²) in [6, 6.07) is 0. The zero-order valence-corrected chi connectivity index (χ0v) is 52.2. The number of rotatable bonds is 58. The highest BCUT2D eigenvalue weighted by molar-refractivity contribution is 5.71. The Morgan fingerprint density at radius 2 is 0.494 bits per heavy atom. The Balaban J connectivity index is 4.14. The summed E-state index contributed by atoms with van der Waals surface area (Å²) >= 11 is 0. The fraction of sp³-hybridized carbons (Fsp3) is 0.613. The van der Waals surface area contributed by atoms with Gasteiger partial charge in [0.2, 0.25) is 0 Å². The first-order valence-electron chi connectivity index (χ1n) is 33.0. The smallest absolute Gasteiger partial charge is 0.306 e. The number of ether oxygens (including phenoxy) is 3. The lowest BCUT2D eigenvalue weighted by Crippen LogP contribution is -2.30. The summed E-state index contributed by atoms with van der Waals surface area (Å²) in [5, 5.41) is 0. The van der Waals surface area contributed by atoms with Crippen molar-refractivity contribution in [2.45, 2.75) is 284 Å². The largest absolute Gasteiger partial charge is 0.462 e. The van der Waals surface area contributed by atoms with Gasteiger partial charge in [0.25, 0.3) is 0 Å². The van der Waals surface area contributed by atoms with Crippen molar-refractivity contribution in [2.75, 3.05) is 13.2 Å². The van der Waals surface area contributed by atoms with Crippen LogP contribution in [0.3, 0.4) is 0 Å². The molecule has 0 aromatic carbocycles. The first-order valence-corrected chi connectivity index (χ1v) is 33.0. The maximum Gasteiger partial charge on any atom is 0.306 e. The van der Waals surface area contributed by atoms with Crippen LogP contribution in [0.25, 0.3) is 0 Å². The lowest BCUT2D eigenvalue weighted by Gasteiger charge is -2.18. The standard InChI is InChI=1S/C75H120O6/c1-4-7-10-13-15-17-19-21-23-25-27-29-31-33-35-37-39-41-43-45-47-49-51-53-55-57-59-62-65-68-74(77)80-71-72(70-79-73(76)67-64-61-12-9-6-3)81-75(78)69-66-63-60-58-56-54-52-50-48-46-44-42-40-38-36-34-32-30-28-26-24-22-20-18-16-14-11-8-5-2/h7-8,10-11,15-18,21-24,27-30,33,35,39,41,45,47,51,53,57,59,72H,4-6,9,12-14,19-20,25-26,31-32,34,36-38,40,42-44,46,48-50,52,54-56,58,60-71H2,1-3H3/b10-7-,11-8-,17-15-,18-16-,23-21-,24-22-,29-27-,30-28-,35-33-,41-39-,47-45-,53-51-,59-57-. The molecule has 0 aliphatic heterocycles. The van der Waals surface area contributed by atoms with E-state index in [2.05, 4.69) is 179 Å². The summed E-state index contributed by atoms with van der Waals surface area (Å²) in [4.78, 5) is 37.9. The Morgan fingerprint density at radius 3 is 0.802 bits per heavy atom. The van der Waals surface area contributed by atoms with Gasteiger partial charge in [-0.2, -0.15) is 0 Å². The topological polar surface area (TPSA) is 78.9 Å². The normalized spacial score (nSPS) is 13.2. The van der Waals surface area contributed by atoms with Gasteiger partial charge in [0, 0.05) is 19.3 Å². The molecule has 6 nitrogen and oxygen atoms in total. The molecule has 0 saturated heterocycles. The molecule has 1 atom stereocenters. The quantitative estimate of drug-likeness (QED) is 0.0261. The van der Waals surface area contributed by atoms with Crippen LogP contribution in [0.5, 0.6) is 0 Å². The predicted octanol–water partition coefficient (Wildman–Crippen LogP) is 22.9. The third-order valence-electron chi connectivity index (χ3n) is 13.5. The van der Waals surface area contributed by atoms with E-state index >= 15 is 0 Å². The molecule has 0 aromatic rings. The first kappa shape index (κ1) is 76.0. The van der Waals surface area contributed by atoms with Gasteiger partial charge < -0.3 is 14.2 Å². The van der Waals surface area contributed by atoms with Crippen molar-refractivity contribution in [1.29, 1.82) is 0 Å². The molecule has 0 fully saturated rings. The molecule has 0 saturated carbocycles. The summed E-state index contributed by atoms with van der Waals surface area (Å²) in [5.41, 5.74) is 0. The van der Waals surface area contributed by atoms with Gasteiger partial charge in [-0.1, -0.05) is 294 Å². The maximum absolute atomic E-state index is 12.8. The molecule has 1 unspecified atom stereocenters. The van der Waals surface area contributed by atoms with Crippen LogP contribution < -0.4 is 0 Å². The third kappa shape index (κ3) is 65.7.